The van der Waals surface area contributed by atoms with E-state index in [0.717, 1.165) is 19.5 Å². The molecule has 0 radical (unpaired) electrons. The highest BCUT2D eigenvalue weighted by atomic mass is 19.1. The van der Waals surface area contributed by atoms with Gasteiger partial charge in [0.1, 0.15) is 5.56 Å². The number of halogens is 1. The Labute approximate surface area is 158 Å². The Hall–Kier alpha value is -2.61. The molecule has 1 aromatic heterocycles. The zero-order valence-electron chi connectivity index (χ0n) is 16.2. The van der Waals surface area contributed by atoms with E-state index < -0.39 is 5.82 Å². The summed E-state index contributed by atoms with van der Waals surface area (Å²) in [6.07, 6.45) is 0.907. The van der Waals surface area contributed by atoms with Crippen LogP contribution in [0.3, 0.4) is 0 Å². The number of methoxy groups -OCH3 is 1. The summed E-state index contributed by atoms with van der Waals surface area (Å²) >= 11 is 0. The van der Waals surface area contributed by atoms with Gasteiger partial charge in [-0.15, -0.1) is 0 Å². The van der Waals surface area contributed by atoms with E-state index in [4.69, 9.17) is 9.26 Å². The number of likely N-dealkylation sites (N-methyl/N-ethyl adjacent to an activating group) is 1. The molecule has 0 atom stereocenters. The van der Waals surface area contributed by atoms with E-state index in [1.165, 1.54) is 19.2 Å². The van der Waals surface area contributed by atoms with Crippen molar-refractivity contribution in [2.75, 3.05) is 59.3 Å². The van der Waals surface area contributed by atoms with Crippen molar-refractivity contribution in [3.8, 4) is 17.1 Å². The fourth-order valence-corrected chi connectivity index (χ4v) is 3.19. The SMILES string of the molecule is COc1cc(-c2onc(N(C)C)c2C(=O)N2CCCN(C)CC2)ccc1F. The topological polar surface area (TPSA) is 62.1 Å². The first-order chi connectivity index (χ1) is 12.9. The summed E-state index contributed by atoms with van der Waals surface area (Å²) in [5.74, 6) is 0.256. The van der Waals surface area contributed by atoms with E-state index in [1.54, 1.807) is 25.1 Å². The minimum absolute atomic E-state index is 0.0881. The molecule has 0 saturated carbocycles. The summed E-state index contributed by atoms with van der Waals surface area (Å²) in [6, 6.07) is 4.37. The predicted octanol–water partition coefficient (Wildman–Crippen LogP) is 2.33. The number of hydrogen-bond donors (Lipinski definition) is 0. The number of benzene rings is 1. The predicted molar refractivity (Wildman–Crippen MR) is 101 cm³/mol. The van der Waals surface area contributed by atoms with Crippen molar-refractivity contribution < 1.29 is 18.4 Å². The lowest BCUT2D eigenvalue weighted by Gasteiger charge is -2.21. The lowest BCUT2D eigenvalue weighted by Crippen LogP contribution is -2.35. The zero-order valence-corrected chi connectivity index (χ0v) is 16.2. The lowest BCUT2D eigenvalue weighted by atomic mass is 10.1. The molecule has 0 N–H and O–H groups in total. The number of carbonyl (C=O) groups excluding carboxylic acids is 1. The molecule has 0 bridgehead atoms. The molecule has 1 aliphatic heterocycles. The van der Waals surface area contributed by atoms with Crippen LogP contribution in [0.25, 0.3) is 11.3 Å². The van der Waals surface area contributed by atoms with Crippen molar-refractivity contribution in [3.63, 3.8) is 0 Å². The lowest BCUT2D eigenvalue weighted by molar-refractivity contribution is 0.0763. The molecule has 7 nitrogen and oxygen atoms in total. The third-order valence-corrected chi connectivity index (χ3v) is 4.73. The maximum Gasteiger partial charge on any atom is 0.261 e. The van der Waals surface area contributed by atoms with Crippen molar-refractivity contribution in [1.29, 1.82) is 0 Å². The van der Waals surface area contributed by atoms with Gasteiger partial charge in [-0.25, -0.2) is 4.39 Å². The van der Waals surface area contributed by atoms with Crippen molar-refractivity contribution in [3.05, 3.63) is 29.6 Å². The quantitative estimate of drug-likeness (QED) is 0.816. The molecular weight excluding hydrogens is 351 g/mol. The fourth-order valence-electron chi connectivity index (χ4n) is 3.19. The molecule has 1 aromatic carbocycles. The smallest absolute Gasteiger partial charge is 0.261 e. The molecule has 27 heavy (non-hydrogen) atoms. The van der Waals surface area contributed by atoms with Gasteiger partial charge in [-0.1, -0.05) is 5.16 Å². The van der Waals surface area contributed by atoms with Gasteiger partial charge in [0, 0.05) is 39.3 Å². The molecule has 8 heteroatoms. The van der Waals surface area contributed by atoms with Crippen LogP contribution in [0, 0.1) is 5.82 Å². The molecule has 2 aromatic rings. The Morgan fingerprint density at radius 3 is 2.74 bits per heavy atom. The number of carbonyl (C=O) groups is 1. The largest absolute Gasteiger partial charge is 0.494 e. The Bertz CT molecular complexity index is 821. The Balaban J connectivity index is 2.03. The monoisotopic (exact) mass is 376 g/mol. The van der Waals surface area contributed by atoms with Gasteiger partial charge in [0.25, 0.3) is 5.91 Å². The van der Waals surface area contributed by atoms with E-state index in [0.29, 0.717) is 35.8 Å². The van der Waals surface area contributed by atoms with Gasteiger partial charge in [-0.05, 0) is 38.2 Å². The van der Waals surface area contributed by atoms with Gasteiger partial charge in [0.2, 0.25) is 0 Å². The van der Waals surface area contributed by atoms with Crippen LogP contribution in [0.1, 0.15) is 16.8 Å². The van der Waals surface area contributed by atoms with Crippen LogP contribution in [0.5, 0.6) is 5.75 Å². The highest BCUT2D eigenvalue weighted by molar-refractivity contribution is 6.04. The molecule has 0 spiro atoms. The fraction of sp³-hybridized carbons (Fsp3) is 0.474. The summed E-state index contributed by atoms with van der Waals surface area (Å²) in [4.78, 5) is 19.1. The molecule has 1 aliphatic rings. The summed E-state index contributed by atoms with van der Waals surface area (Å²) < 4.78 is 24.4. The van der Waals surface area contributed by atoms with Crippen LogP contribution < -0.4 is 9.64 Å². The van der Waals surface area contributed by atoms with Crippen LogP contribution in [-0.2, 0) is 0 Å². The van der Waals surface area contributed by atoms with E-state index in [2.05, 4.69) is 17.1 Å². The molecule has 1 saturated heterocycles. The van der Waals surface area contributed by atoms with Gasteiger partial charge in [0.15, 0.2) is 23.1 Å². The van der Waals surface area contributed by atoms with Crippen LogP contribution in [0.4, 0.5) is 10.2 Å². The minimum Gasteiger partial charge on any atom is -0.494 e. The van der Waals surface area contributed by atoms with Crippen LogP contribution >= 0.6 is 0 Å². The average molecular weight is 376 g/mol. The number of anilines is 1. The molecule has 0 aliphatic carbocycles. The second kappa shape index (κ2) is 7.96. The summed E-state index contributed by atoms with van der Waals surface area (Å²) in [6.45, 7) is 3.08. The standard InChI is InChI=1S/C19H25FN4O3/c1-22(2)18-16(19(25)24-9-5-8-23(3)10-11-24)17(27-21-18)13-6-7-14(20)15(12-13)26-4/h6-7,12H,5,8-11H2,1-4H3. The minimum atomic E-state index is -0.475. The molecule has 1 fully saturated rings. The maximum absolute atomic E-state index is 13.8. The van der Waals surface area contributed by atoms with Gasteiger partial charge in [-0.3, -0.25) is 4.79 Å². The van der Waals surface area contributed by atoms with Gasteiger partial charge < -0.3 is 24.0 Å². The number of hydrogen-bond acceptors (Lipinski definition) is 6. The number of ether oxygens (including phenoxy) is 1. The Kier molecular flexibility index (Phi) is 5.65. The van der Waals surface area contributed by atoms with E-state index >= 15 is 0 Å². The number of amides is 1. The summed E-state index contributed by atoms with van der Waals surface area (Å²) in [5, 5.41) is 4.08. The van der Waals surface area contributed by atoms with Crippen LogP contribution in [-0.4, -0.2) is 75.3 Å². The van der Waals surface area contributed by atoms with Gasteiger partial charge in [0.05, 0.1) is 7.11 Å². The first-order valence-corrected chi connectivity index (χ1v) is 8.91. The maximum atomic E-state index is 13.8. The zero-order chi connectivity index (χ0) is 19.6. The van der Waals surface area contributed by atoms with Crippen molar-refractivity contribution in [2.24, 2.45) is 0 Å². The average Bonchev–Trinajstić information content (AvgIpc) is 2.98. The highest BCUT2D eigenvalue weighted by Gasteiger charge is 2.30. The van der Waals surface area contributed by atoms with Gasteiger partial charge in [-0.2, -0.15) is 0 Å². The van der Waals surface area contributed by atoms with E-state index in [1.807, 2.05) is 4.90 Å². The van der Waals surface area contributed by atoms with Crippen LogP contribution in [0.2, 0.25) is 0 Å². The normalized spacial score (nSPS) is 15.5. The van der Waals surface area contributed by atoms with Crippen molar-refractivity contribution in [2.45, 2.75) is 6.42 Å². The highest BCUT2D eigenvalue weighted by Crippen LogP contribution is 2.34. The molecular formula is C19H25FN4O3. The third kappa shape index (κ3) is 3.90. The first kappa shape index (κ1) is 19.2. The van der Waals surface area contributed by atoms with Crippen molar-refractivity contribution >= 4 is 11.7 Å². The third-order valence-electron chi connectivity index (χ3n) is 4.73. The van der Waals surface area contributed by atoms with Gasteiger partial charge >= 0.3 is 0 Å². The number of aromatic nitrogens is 1. The number of nitrogens with zero attached hydrogens (tertiary/aromatic N) is 4. The van der Waals surface area contributed by atoms with E-state index in [9.17, 15) is 9.18 Å². The first-order valence-electron chi connectivity index (χ1n) is 8.91. The van der Waals surface area contributed by atoms with Crippen molar-refractivity contribution in [1.82, 2.24) is 15.0 Å². The Morgan fingerprint density at radius 1 is 1.26 bits per heavy atom. The molecule has 3 rings (SSSR count). The second-order valence-corrected chi connectivity index (χ2v) is 6.90. The Morgan fingerprint density at radius 2 is 2.04 bits per heavy atom. The summed E-state index contributed by atoms with van der Waals surface area (Å²) in [7, 11) is 7.06. The molecule has 2 heterocycles. The second-order valence-electron chi connectivity index (χ2n) is 6.90. The molecule has 0 unspecified atom stereocenters. The van der Waals surface area contributed by atoms with Crippen LogP contribution in [0.15, 0.2) is 22.7 Å². The van der Waals surface area contributed by atoms with E-state index in [-0.39, 0.29) is 11.7 Å². The molecule has 1 amide bonds. The summed E-state index contributed by atoms with van der Waals surface area (Å²) in [5.41, 5.74) is 0.933. The number of rotatable bonds is 4. The molecule has 146 valence electrons.